The van der Waals surface area contributed by atoms with Gasteiger partial charge in [0.1, 0.15) is 12.4 Å². The second kappa shape index (κ2) is 8.22. The standard InChI is InChI=1S/C18H10Br2ClNO/c1-2-7-23-18-13(9-15(19)10-17(18)20)8-14(11-22)12-3-5-16(21)6-4-12/h1,3-6,8-10H,7H2/b14-8+. The van der Waals surface area contributed by atoms with E-state index < -0.39 is 0 Å². The summed E-state index contributed by atoms with van der Waals surface area (Å²) in [5, 5.41) is 10.1. The Kier molecular flexibility index (Phi) is 6.30. The number of allylic oxidation sites excluding steroid dienone is 1. The second-order valence-electron chi connectivity index (χ2n) is 4.48. The highest BCUT2D eigenvalue weighted by molar-refractivity contribution is 9.11. The molecule has 0 saturated heterocycles. The van der Waals surface area contributed by atoms with Crippen molar-refractivity contribution in [3.63, 3.8) is 0 Å². The van der Waals surface area contributed by atoms with Crippen LogP contribution in [-0.4, -0.2) is 6.61 Å². The highest BCUT2D eigenvalue weighted by Gasteiger charge is 2.10. The maximum Gasteiger partial charge on any atom is 0.148 e. The quantitative estimate of drug-likeness (QED) is 0.327. The van der Waals surface area contributed by atoms with Crippen molar-refractivity contribution >= 4 is 55.1 Å². The number of terminal acetylenes is 1. The van der Waals surface area contributed by atoms with Gasteiger partial charge in [-0.3, -0.25) is 0 Å². The van der Waals surface area contributed by atoms with Crippen LogP contribution in [0.15, 0.2) is 45.3 Å². The predicted octanol–water partition coefficient (Wildman–Crippen LogP) is 5.94. The normalized spacial score (nSPS) is 10.7. The van der Waals surface area contributed by atoms with Crippen LogP contribution in [0.25, 0.3) is 11.6 Å². The van der Waals surface area contributed by atoms with Crippen LogP contribution in [0.2, 0.25) is 5.02 Å². The molecule has 0 heterocycles. The number of halogens is 3. The smallest absolute Gasteiger partial charge is 0.148 e. The van der Waals surface area contributed by atoms with Crippen molar-refractivity contribution in [3.05, 3.63) is 61.5 Å². The van der Waals surface area contributed by atoms with Crippen molar-refractivity contribution in [3.8, 4) is 24.2 Å². The van der Waals surface area contributed by atoms with Crippen molar-refractivity contribution in [2.45, 2.75) is 0 Å². The summed E-state index contributed by atoms with van der Waals surface area (Å²) in [5.74, 6) is 3.03. The van der Waals surface area contributed by atoms with Crippen molar-refractivity contribution in [2.24, 2.45) is 0 Å². The Bertz CT molecular complexity index is 830. The molecule has 0 bridgehead atoms. The minimum Gasteiger partial charge on any atom is -0.479 e. The van der Waals surface area contributed by atoms with E-state index in [1.165, 1.54) is 0 Å². The molecule has 0 spiro atoms. The SMILES string of the molecule is C#CCOc1c(Br)cc(Br)cc1/C=C(\C#N)c1ccc(Cl)cc1. The highest BCUT2D eigenvalue weighted by Crippen LogP contribution is 2.35. The van der Waals surface area contributed by atoms with E-state index in [1.807, 2.05) is 12.1 Å². The zero-order valence-electron chi connectivity index (χ0n) is 11.8. The van der Waals surface area contributed by atoms with Gasteiger partial charge in [-0.05, 0) is 51.8 Å². The summed E-state index contributed by atoms with van der Waals surface area (Å²) in [6.45, 7) is 0.143. The molecule has 114 valence electrons. The number of hydrogen-bond donors (Lipinski definition) is 0. The van der Waals surface area contributed by atoms with Crippen LogP contribution in [0.3, 0.4) is 0 Å². The van der Waals surface area contributed by atoms with Gasteiger partial charge in [-0.2, -0.15) is 5.26 Å². The number of benzene rings is 2. The fourth-order valence-electron chi connectivity index (χ4n) is 1.92. The largest absolute Gasteiger partial charge is 0.479 e. The van der Waals surface area contributed by atoms with Crippen molar-refractivity contribution in [1.29, 1.82) is 5.26 Å². The number of nitrogens with zero attached hydrogens (tertiary/aromatic N) is 1. The summed E-state index contributed by atoms with van der Waals surface area (Å²) in [5.41, 5.74) is 2.01. The minimum atomic E-state index is 0.143. The first-order valence-corrected chi connectivity index (χ1v) is 8.44. The Morgan fingerprint density at radius 3 is 2.57 bits per heavy atom. The number of ether oxygens (including phenoxy) is 1. The molecule has 2 rings (SSSR count). The lowest BCUT2D eigenvalue weighted by Gasteiger charge is -2.11. The van der Waals surface area contributed by atoms with E-state index in [1.54, 1.807) is 30.3 Å². The molecule has 2 nitrogen and oxygen atoms in total. The number of rotatable bonds is 4. The fraction of sp³-hybridized carbons (Fsp3) is 0.0556. The van der Waals surface area contributed by atoms with Gasteiger partial charge in [-0.1, -0.05) is 45.6 Å². The van der Waals surface area contributed by atoms with Crippen molar-refractivity contribution < 1.29 is 4.74 Å². The summed E-state index contributed by atoms with van der Waals surface area (Å²) in [6.07, 6.45) is 7.01. The topological polar surface area (TPSA) is 33.0 Å². The van der Waals surface area contributed by atoms with Gasteiger partial charge < -0.3 is 4.74 Å². The molecule has 2 aromatic carbocycles. The van der Waals surface area contributed by atoms with E-state index in [0.717, 1.165) is 20.1 Å². The summed E-state index contributed by atoms with van der Waals surface area (Å²) < 4.78 is 7.20. The Labute approximate surface area is 157 Å². The Balaban J connectivity index is 2.53. The molecular weight excluding hydrogens is 441 g/mol. The number of hydrogen-bond acceptors (Lipinski definition) is 2. The van der Waals surface area contributed by atoms with Crippen LogP contribution < -0.4 is 4.74 Å². The average molecular weight is 452 g/mol. The fourth-order valence-corrected chi connectivity index (χ4v) is 3.42. The molecule has 0 unspecified atom stereocenters. The summed E-state index contributed by atoms with van der Waals surface area (Å²) in [7, 11) is 0. The predicted molar refractivity (Wildman–Crippen MR) is 101 cm³/mol. The molecule has 0 aromatic heterocycles. The number of nitriles is 1. The second-order valence-corrected chi connectivity index (χ2v) is 6.68. The Hall–Kier alpha value is -1.72. The van der Waals surface area contributed by atoms with Gasteiger partial charge in [0.15, 0.2) is 0 Å². The molecule has 0 atom stereocenters. The molecule has 2 aromatic rings. The lowest BCUT2D eigenvalue weighted by atomic mass is 10.0. The van der Waals surface area contributed by atoms with Crippen LogP contribution in [0.4, 0.5) is 0 Å². The van der Waals surface area contributed by atoms with Gasteiger partial charge in [-0.25, -0.2) is 0 Å². The van der Waals surface area contributed by atoms with Gasteiger partial charge in [-0.15, -0.1) is 6.42 Å². The van der Waals surface area contributed by atoms with E-state index in [9.17, 15) is 5.26 Å². The Morgan fingerprint density at radius 2 is 1.96 bits per heavy atom. The van der Waals surface area contributed by atoms with Gasteiger partial charge in [0.25, 0.3) is 0 Å². The maximum atomic E-state index is 9.47. The minimum absolute atomic E-state index is 0.143. The lowest BCUT2D eigenvalue weighted by molar-refractivity contribution is 0.367. The third kappa shape index (κ3) is 4.62. The van der Waals surface area contributed by atoms with E-state index in [2.05, 4.69) is 43.8 Å². The molecule has 0 aliphatic rings. The third-order valence-corrected chi connectivity index (χ3v) is 4.21. The molecule has 5 heteroatoms. The molecule has 0 N–H and O–H groups in total. The summed E-state index contributed by atoms with van der Waals surface area (Å²) in [4.78, 5) is 0. The summed E-state index contributed by atoms with van der Waals surface area (Å²) >= 11 is 12.8. The monoisotopic (exact) mass is 449 g/mol. The van der Waals surface area contributed by atoms with Crippen LogP contribution in [-0.2, 0) is 0 Å². The van der Waals surface area contributed by atoms with Crippen LogP contribution in [0, 0.1) is 23.7 Å². The zero-order chi connectivity index (χ0) is 16.8. The van der Waals surface area contributed by atoms with Crippen LogP contribution in [0.1, 0.15) is 11.1 Å². The average Bonchev–Trinajstić information content (AvgIpc) is 2.52. The molecule has 23 heavy (non-hydrogen) atoms. The first-order chi connectivity index (χ1) is 11.0. The van der Waals surface area contributed by atoms with Crippen molar-refractivity contribution in [1.82, 2.24) is 0 Å². The Morgan fingerprint density at radius 1 is 1.26 bits per heavy atom. The molecular formula is C18H10Br2ClNO. The zero-order valence-corrected chi connectivity index (χ0v) is 15.7. The van der Waals surface area contributed by atoms with Gasteiger partial charge in [0.05, 0.1) is 16.1 Å². The maximum absolute atomic E-state index is 9.47. The van der Waals surface area contributed by atoms with Crippen molar-refractivity contribution in [2.75, 3.05) is 6.61 Å². The van der Waals surface area contributed by atoms with E-state index in [4.69, 9.17) is 22.8 Å². The summed E-state index contributed by atoms with van der Waals surface area (Å²) in [6, 6.07) is 13.0. The molecule has 0 fully saturated rings. The van der Waals surface area contributed by atoms with E-state index in [-0.39, 0.29) is 6.61 Å². The molecule has 0 radical (unpaired) electrons. The van der Waals surface area contributed by atoms with E-state index in [0.29, 0.717) is 16.3 Å². The third-order valence-electron chi connectivity index (χ3n) is 2.91. The first-order valence-electron chi connectivity index (χ1n) is 6.48. The molecule has 0 aliphatic heterocycles. The van der Waals surface area contributed by atoms with Crippen LogP contribution in [0.5, 0.6) is 5.75 Å². The first kappa shape index (κ1) is 17.6. The van der Waals surface area contributed by atoms with Gasteiger partial charge in [0, 0.05) is 15.1 Å². The molecule has 0 aliphatic carbocycles. The highest BCUT2D eigenvalue weighted by atomic mass is 79.9. The van der Waals surface area contributed by atoms with Gasteiger partial charge in [0.2, 0.25) is 0 Å². The lowest BCUT2D eigenvalue weighted by Crippen LogP contribution is -1.97. The van der Waals surface area contributed by atoms with E-state index >= 15 is 0 Å². The van der Waals surface area contributed by atoms with Crippen LogP contribution >= 0.6 is 43.5 Å². The van der Waals surface area contributed by atoms with Gasteiger partial charge >= 0.3 is 0 Å². The molecule has 0 saturated carbocycles. The molecule has 0 amide bonds.